The summed E-state index contributed by atoms with van der Waals surface area (Å²) >= 11 is 5.45. The Morgan fingerprint density at radius 1 is 1.18 bits per heavy atom. The average molecular weight is 401 g/mol. The molecule has 0 unspecified atom stereocenters. The summed E-state index contributed by atoms with van der Waals surface area (Å²) < 4.78 is 17.2. The molecule has 0 aliphatic heterocycles. The van der Waals surface area contributed by atoms with E-state index in [-0.39, 0.29) is 5.82 Å². The van der Waals surface area contributed by atoms with Gasteiger partial charge in [0.2, 0.25) is 0 Å². The third-order valence-electron chi connectivity index (χ3n) is 4.65. The summed E-state index contributed by atoms with van der Waals surface area (Å²) in [4.78, 5) is 0. The molecule has 8 heteroatoms. The second-order valence-electron chi connectivity index (χ2n) is 6.74. The van der Waals surface area contributed by atoms with E-state index in [1.54, 1.807) is 6.07 Å². The summed E-state index contributed by atoms with van der Waals surface area (Å²) in [7, 11) is 0. The molecule has 0 radical (unpaired) electrons. The van der Waals surface area contributed by atoms with Crippen LogP contribution >= 0.6 is 12.2 Å². The Hall–Kier alpha value is -2.74. The highest BCUT2D eigenvalue weighted by molar-refractivity contribution is 7.80. The molecular formula is C20H25FN6S. The zero-order valence-corrected chi connectivity index (χ0v) is 17.4. The molecule has 3 aromatic rings. The Morgan fingerprint density at radius 3 is 2.64 bits per heavy atom. The molecular weight excluding hydrogens is 375 g/mol. The van der Waals surface area contributed by atoms with E-state index < -0.39 is 0 Å². The number of nitrogens with one attached hydrogen (secondary N) is 2. The molecule has 0 saturated heterocycles. The first-order chi connectivity index (χ1) is 13.4. The van der Waals surface area contributed by atoms with Crippen LogP contribution in [0.1, 0.15) is 35.1 Å². The van der Waals surface area contributed by atoms with Crippen molar-refractivity contribution in [3.8, 4) is 0 Å². The van der Waals surface area contributed by atoms with Crippen LogP contribution in [-0.2, 0) is 19.6 Å². The lowest BCUT2D eigenvalue weighted by Gasteiger charge is -2.11. The highest BCUT2D eigenvalue weighted by Gasteiger charge is 2.13. The van der Waals surface area contributed by atoms with Gasteiger partial charge in [-0.2, -0.15) is 10.2 Å². The number of benzene rings is 1. The summed E-state index contributed by atoms with van der Waals surface area (Å²) in [6.07, 6.45) is 2.03. The van der Waals surface area contributed by atoms with Gasteiger partial charge in [-0.05, 0) is 57.6 Å². The summed E-state index contributed by atoms with van der Waals surface area (Å²) in [6.45, 7) is 9.89. The maximum atomic E-state index is 13.4. The maximum Gasteiger partial charge on any atom is 0.171 e. The predicted octanol–water partition coefficient (Wildman–Crippen LogP) is 3.70. The van der Waals surface area contributed by atoms with Crippen molar-refractivity contribution >= 4 is 23.0 Å². The maximum absolute atomic E-state index is 13.4. The summed E-state index contributed by atoms with van der Waals surface area (Å²) in [5.74, 6) is -0.246. The number of aryl methyl sites for hydroxylation is 3. The highest BCUT2D eigenvalue weighted by Crippen LogP contribution is 2.20. The predicted molar refractivity (Wildman–Crippen MR) is 113 cm³/mol. The standard InChI is InChI=1S/C20H25FN6S/c1-5-26-12-17(13(2)24-26)10-22-20(28)23-19-14(3)25-27(15(19)4)11-16-7-6-8-18(21)9-16/h6-9,12H,5,10-11H2,1-4H3,(H2,22,23,28). The first-order valence-corrected chi connectivity index (χ1v) is 9.64. The number of hydrogen-bond acceptors (Lipinski definition) is 3. The van der Waals surface area contributed by atoms with Crippen LogP contribution in [0.2, 0.25) is 0 Å². The lowest BCUT2D eigenvalue weighted by Crippen LogP contribution is -2.28. The van der Waals surface area contributed by atoms with Crippen LogP contribution in [0.25, 0.3) is 0 Å². The molecule has 148 valence electrons. The molecule has 0 aliphatic carbocycles. The summed E-state index contributed by atoms with van der Waals surface area (Å²) in [5.41, 5.74) is 5.62. The smallest absolute Gasteiger partial charge is 0.171 e. The molecule has 2 heterocycles. The second-order valence-corrected chi connectivity index (χ2v) is 7.14. The zero-order valence-electron chi connectivity index (χ0n) is 16.6. The molecule has 0 saturated carbocycles. The van der Waals surface area contributed by atoms with Crippen molar-refractivity contribution in [2.75, 3.05) is 5.32 Å². The number of halogens is 1. The van der Waals surface area contributed by atoms with Gasteiger partial charge >= 0.3 is 0 Å². The lowest BCUT2D eigenvalue weighted by atomic mass is 10.2. The molecule has 2 N–H and O–H groups in total. The van der Waals surface area contributed by atoms with Crippen molar-refractivity contribution in [1.82, 2.24) is 24.9 Å². The molecule has 1 aromatic carbocycles. The van der Waals surface area contributed by atoms with Crippen molar-refractivity contribution in [1.29, 1.82) is 0 Å². The van der Waals surface area contributed by atoms with Gasteiger partial charge in [-0.25, -0.2) is 4.39 Å². The highest BCUT2D eigenvalue weighted by atomic mass is 32.1. The first-order valence-electron chi connectivity index (χ1n) is 9.23. The van der Waals surface area contributed by atoms with E-state index in [1.807, 2.05) is 42.4 Å². The van der Waals surface area contributed by atoms with Gasteiger partial charge in [-0.3, -0.25) is 9.36 Å². The van der Waals surface area contributed by atoms with Crippen molar-refractivity contribution < 1.29 is 4.39 Å². The summed E-state index contributed by atoms with van der Waals surface area (Å²) in [6, 6.07) is 6.55. The average Bonchev–Trinajstić information content (AvgIpc) is 3.14. The van der Waals surface area contributed by atoms with Gasteiger partial charge in [0, 0.05) is 24.8 Å². The van der Waals surface area contributed by atoms with Gasteiger partial charge in [-0.15, -0.1) is 0 Å². The molecule has 0 aliphatic rings. The Bertz CT molecular complexity index is 991. The fraction of sp³-hybridized carbons (Fsp3) is 0.350. The number of nitrogens with zero attached hydrogens (tertiary/aromatic N) is 4. The zero-order chi connectivity index (χ0) is 20.3. The quantitative estimate of drug-likeness (QED) is 0.618. The molecule has 2 aromatic heterocycles. The Balaban J connectivity index is 1.65. The van der Waals surface area contributed by atoms with E-state index in [0.29, 0.717) is 18.2 Å². The van der Waals surface area contributed by atoms with Crippen molar-refractivity contribution in [2.45, 2.75) is 47.3 Å². The van der Waals surface area contributed by atoms with Gasteiger partial charge in [0.05, 0.1) is 29.3 Å². The van der Waals surface area contributed by atoms with Crippen molar-refractivity contribution in [2.24, 2.45) is 0 Å². The van der Waals surface area contributed by atoms with Gasteiger partial charge in [0.1, 0.15) is 5.82 Å². The molecule has 28 heavy (non-hydrogen) atoms. The summed E-state index contributed by atoms with van der Waals surface area (Å²) in [5, 5.41) is 16.0. The van der Waals surface area contributed by atoms with Crippen LogP contribution in [0.5, 0.6) is 0 Å². The molecule has 6 nitrogen and oxygen atoms in total. The van der Waals surface area contributed by atoms with Gasteiger partial charge in [0.15, 0.2) is 5.11 Å². The van der Waals surface area contributed by atoms with Crippen LogP contribution in [0.4, 0.5) is 10.1 Å². The van der Waals surface area contributed by atoms with E-state index >= 15 is 0 Å². The number of thiocarbonyl (C=S) groups is 1. The molecule has 0 bridgehead atoms. The minimum Gasteiger partial charge on any atom is -0.358 e. The van der Waals surface area contributed by atoms with Crippen LogP contribution < -0.4 is 10.6 Å². The Kier molecular flexibility index (Phi) is 6.08. The fourth-order valence-electron chi connectivity index (χ4n) is 3.07. The second kappa shape index (κ2) is 8.52. The third kappa shape index (κ3) is 4.56. The van der Waals surface area contributed by atoms with Crippen molar-refractivity contribution in [3.05, 3.63) is 64.5 Å². The molecule has 0 fully saturated rings. The normalized spacial score (nSPS) is 10.9. The number of aromatic nitrogens is 4. The Labute approximate surface area is 169 Å². The van der Waals surface area contributed by atoms with E-state index in [2.05, 4.69) is 27.8 Å². The van der Waals surface area contributed by atoms with Crippen LogP contribution in [0, 0.1) is 26.6 Å². The lowest BCUT2D eigenvalue weighted by molar-refractivity contribution is 0.616. The molecule has 0 spiro atoms. The van der Waals surface area contributed by atoms with Gasteiger partial charge in [0.25, 0.3) is 0 Å². The Morgan fingerprint density at radius 2 is 1.96 bits per heavy atom. The number of rotatable bonds is 6. The SMILES string of the molecule is CCn1cc(CNC(=S)Nc2c(C)nn(Cc3cccc(F)c3)c2C)c(C)n1. The van der Waals surface area contributed by atoms with Crippen LogP contribution in [0.15, 0.2) is 30.5 Å². The van der Waals surface area contributed by atoms with E-state index in [4.69, 9.17) is 12.2 Å². The fourth-order valence-corrected chi connectivity index (χ4v) is 3.24. The van der Waals surface area contributed by atoms with E-state index in [9.17, 15) is 4.39 Å². The largest absolute Gasteiger partial charge is 0.358 e. The minimum absolute atomic E-state index is 0.246. The monoisotopic (exact) mass is 400 g/mol. The van der Waals surface area contributed by atoms with Crippen molar-refractivity contribution in [3.63, 3.8) is 0 Å². The third-order valence-corrected chi connectivity index (χ3v) is 4.90. The van der Waals surface area contributed by atoms with Crippen LogP contribution in [0.3, 0.4) is 0 Å². The number of hydrogen-bond donors (Lipinski definition) is 2. The number of anilines is 1. The van der Waals surface area contributed by atoms with E-state index in [1.165, 1.54) is 12.1 Å². The minimum atomic E-state index is -0.246. The van der Waals surface area contributed by atoms with Crippen LogP contribution in [-0.4, -0.2) is 24.7 Å². The van der Waals surface area contributed by atoms with Gasteiger partial charge in [-0.1, -0.05) is 12.1 Å². The molecule has 0 atom stereocenters. The first kappa shape index (κ1) is 20.0. The molecule has 3 rings (SSSR count). The van der Waals surface area contributed by atoms with Gasteiger partial charge < -0.3 is 10.6 Å². The molecule has 0 amide bonds. The van der Waals surface area contributed by atoms with E-state index in [0.717, 1.165) is 40.4 Å². The topological polar surface area (TPSA) is 59.7 Å².